The highest BCUT2D eigenvalue weighted by molar-refractivity contribution is 6.18. The van der Waals surface area contributed by atoms with Crippen molar-refractivity contribution in [3.8, 4) is 0 Å². The van der Waals surface area contributed by atoms with Crippen LogP contribution in [0.2, 0.25) is 0 Å². The lowest BCUT2D eigenvalue weighted by atomic mass is 9.97. The van der Waals surface area contributed by atoms with Crippen LogP contribution in [0, 0.1) is 5.92 Å². The first-order valence-corrected chi connectivity index (χ1v) is 6.33. The number of rotatable bonds is 2. The van der Waals surface area contributed by atoms with Crippen LogP contribution in [0.4, 0.5) is 0 Å². The Morgan fingerprint density at radius 1 is 1.56 bits per heavy atom. The van der Waals surface area contributed by atoms with E-state index in [9.17, 15) is 4.79 Å². The minimum atomic E-state index is -0.239. The first-order valence-electron chi connectivity index (χ1n) is 5.80. The van der Waals surface area contributed by atoms with Crippen molar-refractivity contribution in [1.29, 1.82) is 0 Å². The molecule has 0 aromatic heterocycles. The molecule has 90 valence electrons. The monoisotopic (exact) mass is 244 g/mol. The molecule has 0 saturated carbocycles. The van der Waals surface area contributed by atoms with E-state index in [1.165, 1.54) is 7.11 Å². The van der Waals surface area contributed by atoms with Gasteiger partial charge < -0.3 is 9.47 Å². The average Bonchev–Trinajstić information content (AvgIpc) is 2.62. The van der Waals surface area contributed by atoms with Gasteiger partial charge in [-0.05, 0) is 25.7 Å². The molecular weight excluding hydrogens is 228 g/mol. The van der Waals surface area contributed by atoms with Gasteiger partial charge in [-0.3, -0.25) is 0 Å². The zero-order chi connectivity index (χ0) is 11.5. The lowest BCUT2D eigenvalue weighted by Crippen LogP contribution is -2.10. The summed E-state index contributed by atoms with van der Waals surface area (Å²) in [5.41, 5.74) is 0.734. The average molecular weight is 245 g/mol. The highest BCUT2D eigenvalue weighted by Crippen LogP contribution is 2.39. The molecule has 0 N–H and O–H groups in total. The quantitative estimate of drug-likeness (QED) is 0.553. The molecule has 2 atom stereocenters. The summed E-state index contributed by atoms with van der Waals surface area (Å²) in [5, 5.41) is 0. The Kier molecular flexibility index (Phi) is 3.74. The van der Waals surface area contributed by atoms with Crippen LogP contribution in [-0.2, 0) is 14.3 Å². The molecule has 2 aliphatic rings. The Morgan fingerprint density at radius 3 is 3.06 bits per heavy atom. The summed E-state index contributed by atoms with van der Waals surface area (Å²) in [6.45, 7) is 0. The van der Waals surface area contributed by atoms with E-state index in [1.807, 2.05) is 0 Å². The van der Waals surface area contributed by atoms with Gasteiger partial charge in [0.2, 0.25) is 0 Å². The van der Waals surface area contributed by atoms with Crippen molar-refractivity contribution in [3.63, 3.8) is 0 Å². The van der Waals surface area contributed by atoms with Crippen LogP contribution < -0.4 is 0 Å². The fourth-order valence-electron chi connectivity index (χ4n) is 2.55. The molecule has 0 aromatic rings. The maximum Gasteiger partial charge on any atom is 0.337 e. The molecule has 16 heavy (non-hydrogen) atoms. The fourth-order valence-corrected chi connectivity index (χ4v) is 2.74. The minimum absolute atomic E-state index is 0.0689. The second kappa shape index (κ2) is 5.09. The van der Waals surface area contributed by atoms with Gasteiger partial charge in [0, 0.05) is 5.92 Å². The van der Waals surface area contributed by atoms with Gasteiger partial charge >= 0.3 is 5.97 Å². The molecule has 3 nitrogen and oxygen atoms in total. The van der Waals surface area contributed by atoms with Crippen molar-refractivity contribution in [3.05, 3.63) is 11.3 Å². The molecule has 2 unspecified atom stereocenters. The van der Waals surface area contributed by atoms with Gasteiger partial charge in [0.1, 0.15) is 11.9 Å². The third kappa shape index (κ3) is 2.19. The Balaban J connectivity index is 2.26. The number of methoxy groups -OCH3 is 1. The smallest absolute Gasteiger partial charge is 0.337 e. The summed E-state index contributed by atoms with van der Waals surface area (Å²) >= 11 is 5.81. The molecule has 0 spiro atoms. The van der Waals surface area contributed by atoms with Crippen LogP contribution in [0.3, 0.4) is 0 Å². The van der Waals surface area contributed by atoms with Crippen molar-refractivity contribution in [1.82, 2.24) is 0 Å². The number of ether oxygens (including phenoxy) is 2. The van der Waals surface area contributed by atoms with Crippen molar-refractivity contribution in [2.24, 2.45) is 5.92 Å². The van der Waals surface area contributed by atoms with E-state index in [0.29, 0.717) is 11.8 Å². The second-order valence-electron chi connectivity index (χ2n) is 4.41. The predicted molar refractivity (Wildman–Crippen MR) is 61.2 cm³/mol. The molecule has 2 rings (SSSR count). The van der Waals surface area contributed by atoms with Gasteiger partial charge in [-0.25, -0.2) is 4.79 Å². The molecule has 0 bridgehead atoms. The first kappa shape index (κ1) is 11.8. The van der Waals surface area contributed by atoms with Crippen LogP contribution in [0.5, 0.6) is 0 Å². The number of hydrogen-bond donors (Lipinski definition) is 0. The van der Waals surface area contributed by atoms with Crippen LogP contribution in [0.25, 0.3) is 0 Å². The molecule has 0 amide bonds. The van der Waals surface area contributed by atoms with Crippen LogP contribution >= 0.6 is 11.6 Å². The summed E-state index contributed by atoms with van der Waals surface area (Å²) in [4.78, 5) is 11.7. The molecule has 4 heteroatoms. The van der Waals surface area contributed by atoms with Crippen molar-refractivity contribution in [2.45, 2.75) is 38.2 Å². The molecule has 1 aliphatic heterocycles. The van der Waals surface area contributed by atoms with Gasteiger partial charge in [0.25, 0.3) is 0 Å². The van der Waals surface area contributed by atoms with E-state index in [4.69, 9.17) is 21.1 Å². The van der Waals surface area contributed by atoms with E-state index in [-0.39, 0.29) is 12.1 Å². The molecule has 1 heterocycles. The first-order chi connectivity index (χ1) is 7.76. The van der Waals surface area contributed by atoms with Gasteiger partial charge in [0.05, 0.1) is 18.6 Å². The fraction of sp³-hybridized carbons (Fsp3) is 0.750. The predicted octanol–water partition coefficient (Wildman–Crippen LogP) is 2.63. The third-order valence-electron chi connectivity index (χ3n) is 3.34. The highest BCUT2D eigenvalue weighted by Gasteiger charge is 2.35. The van der Waals surface area contributed by atoms with Gasteiger partial charge in [0.15, 0.2) is 0 Å². The molecule has 1 fully saturated rings. The van der Waals surface area contributed by atoms with E-state index < -0.39 is 0 Å². The van der Waals surface area contributed by atoms with E-state index in [2.05, 4.69) is 0 Å². The lowest BCUT2D eigenvalue weighted by Gasteiger charge is -2.11. The topological polar surface area (TPSA) is 35.5 Å². The van der Waals surface area contributed by atoms with E-state index in [1.54, 1.807) is 0 Å². The van der Waals surface area contributed by atoms with Crippen molar-refractivity contribution >= 4 is 17.6 Å². The number of fused-ring (bicyclic) bond motifs is 1. The van der Waals surface area contributed by atoms with Crippen LogP contribution in [0.15, 0.2) is 11.3 Å². The Bertz CT molecular complexity index is 311. The maximum absolute atomic E-state index is 11.7. The summed E-state index contributed by atoms with van der Waals surface area (Å²) in [6.07, 6.45) is 5.07. The number of carbonyl (C=O) groups is 1. The number of alkyl halides is 1. The summed E-state index contributed by atoms with van der Waals surface area (Å²) in [7, 11) is 1.42. The molecule has 1 saturated heterocycles. The molecular formula is C12H17ClO3. The van der Waals surface area contributed by atoms with Crippen LogP contribution in [0.1, 0.15) is 32.1 Å². The second-order valence-corrected chi connectivity index (χ2v) is 4.72. The summed E-state index contributed by atoms with van der Waals surface area (Å²) in [5.74, 6) is 1.49. The van der Waals surface area contributed by atoms with E-state index >= 15 is 0 Å². The number of esters is 1. The van der Waals surface area contributed by atoms with Gasteiger partial charge in [-0.2, -0.15) is 0 Å². The summed E-state index contributed by atoms with van der Waals surface area (Å²) in [6, 6.07) is 0. The third-order valence-corrected chi connectivity index (χ3v) is 3.69. The van der Waals surface area contributed by atoms with Gasteiger partial charge in [-0.1, -0.05) is 6.42 Å². The molecule has 0 radical (unpaired) electrons. The van der Waals surface area contributed by atoms with E-state index in [0.717, 1.165) is 43.4 Å². The Hall–Kier alpha value is -0.700. The SMILES string of the molecule is COC(=O)C1=C2OC(CCl)CC2CCCC1. The maximum atomic E-state index is 11.7. The van der Waals surface area contributed by atoms with Gasteiger partial charge in [-0.15, -0.1) is 11.6 Å². The number of hydrogen-bond acceptors (Lipinski definition) is 3. The standard InChI is InChI=1S/C12H17ClO3/c1-15-12(14)10-5-3-2-4-8-6-9(7-13)16-11(8)10/h8-9H,2-7H2,1H3. The zero-order valence-electron chi connectivity index (χ0n) is 9.50. The zero-order valence-corrected chi connectivity index (χ0v) is 10.3. The lowest BCUT2D eigenvalue weighted by molar-refractivity contribution is -0.136. The number of allylic oxidation sites excluding steroid dienone is 1. The summed E-state index contributed by atoms with van der Waals surface area (Å²) < 4.78 is 10.6. The Morgan fingerprint density at radius 2 is 2.38 bits per heavy atom. The molecule has 0 aromatic carbocycles. The highest BCUT2D eigenvalue weighted by atomic mass is 35.5. The van der Waals surface area contributed by atoms with Crippen molar-refractivity contribution in [2.75, 3.05) is 13.0 Å². The van der Waals surface area contributed by atoms with Crippen molar-refractivity contribution < 1.29 is 14.3 Å². The number of carbonyl (C=O) groups excluding carboxylic acids is 1. The van der Waals surface area contributed by atoms with Crippen LogP contribution in [-0.4, -0.2) is 25.1 Å². The normalized spacial score (nSPS) is 29.4. The molecule has 1 aliphatic carbocycles. The Labute approximate surface area is 101 Å². The largest absolute Gasteiger partial charge is 0.493 e. The number of halogens is 1. The minimum Gasteiger partial charge on any atom is -0.493 e.